The van der Waals surface area contributed by atoms with Gasteiger partial charge in [0.1, 0.15) is 11.5 Å². The zero-order valence-corrected chi connectivity index (χ0v) is 14.6. The van der Waals surface area contributed by atoms with E-state index in [0.29, 0.717) is 12.2 Å². The van der Waals surface area contributed by atoms with Gasteiger partial charge in [-0.3, -0.25) is 14.4 Å². The topological polar surface area (TPSA) is 47.2 Å². The van der Waals surface area contributed by atoms with Crippen LogP contribution in [0.5, 0.6) is 0 Å². The standard InChI is InChI=1S/C19H14BrN3O/c1-12-17(11-24)23-16-8-7-14(20)9-15(16)19(21-10-18(23)22-12)13-5-3-2-4-6-13/h2-9,11H,10H2,1H3. The van der Waals surface area contributed by atoms with E-state index in [2.05, 4.69) is 20.9 Å². The number of benzene rings is 2. The minimum absolute atomic E-state index is 0.436. The number of rotatable bonds is 2. The highest BCUT2D eigenvalue weighted by Gasteiger charge is 2.23. The van der Waals surface area contributed by atoms with Crippen molar-refractivity contribution in [1.82, 2.24) is 9.55 Å². The molecule has 0 amide bonds. The number of fused-ring (bicyclic) bond motifs is 3. The molecule has 1 aliphatic rings. The summed E-state index contributed by atoms with van der Waals surface area (Å²) in [5, 5.41) is 0. The van der Waals surface area contributed by atoms with Crippen LogP contribution in [0.15, 0.2) is 58.0 Å². The lowest BCUT2D eigenvalue weighted by Crippen LogP contribution is -2.09. The number of carbonyl (C=O) groups is 1. The molecule has 0 bridgehead atoms. The first kappa shape index (κ1) is 15.0. The minimum Gasteiger partial charge on any atom is -0.296 e. The van der Waals surface area contributed by atoms with Crippen LogP contribution in [0, 0.1) is 6.92 Å². The highest BCUT2D eigenvalue weighted by molar-refractivity contribution is 9.10. The van der Waals surface area contributed by atoms with Crippen LogP contribution < -0.4 is 0 Å². The van der Waals surface area contributed by atoms with Crippen LogP contribution >= 0.6 is 15.9 Å². The molecule has 3 aromatic rings. The highest BCUT2D eigenvalue weighted by atomic mass is 79.9. The van der Waals surface area contributed by atoms with Gasteiger partial charge in [0.05, 0.1) is 23.6 Å². The fraction of sp³-hybridized carbons (Fsp3) is 0.105. The molecule has 5 heteroatoms. The van der Waals surface area contributed by atoms with E-state index in [1.165, 1.54) is 0 Å². The molecule has 118 valence electrons. The van der Waals surface area contributed by atoms with Crippen LogP contribution in [0.2, 0.25) is 0 Å². The lowest BCUT2D eigenvalue weighted by Gasteiger charge is -2.13. The average Bonchev–Trinajstić information content (AvgIpc) is 2.83. The molecule has 4 nitrogen and oxygen atoms in total. The van der Waals surface area contributed by atoms with E-state index in [0.717, 1.165) is 44.8 Å². The maximum atomic E-state index is 11.6. The summed E-state index contributed by atoms with van der Waals surface area (Å²) in [6.45, 7) is 2.29. The maximum Gasteiger partial charge on any atom is 0.168 e. The molecule has 0 saturated heterocycles. The molecule has 1 aliphatic heterocycles. The summed E-state index contributed by atoms with van der Waals surface area (Å²) in [5.41, 5.74) is 5.18. The first-order valence-electron chi connectivity index (χ1n) is 7.62. The zero-order valence-electron chi connectivity index (χ0n) is 13.0. The molecule has 0 N–H and O–H groups in total. The third-order valence-electron chi connectivity index (χ3n) is 4.16. The third-order valence-corrected chi connectivity index (χ3v) is 4.65. The predicted octanol–water partition coefficient (Wildman–Crippen LogP) is 4.11. The minimum atomic E-state index is 0.436. The Morgan fingerprint density at radius 1 is 1.17 bits per heavy atom. The molecule has 0 fully saturated rings. The third kappa shape index (κ3) is 2.32. The number of aliphatic imine (C=N–C) groups is 1. The van der Waals surface area contributed by atoms with Crippen LogP contribution in [-0.2, 0) is 6.54 Å². The molecule has 1 aromatic heterocycles. The fourth-order valence-electron chi connectivity index (χ4n) is 3.09. The molecule has 4 rings (SSSR count). The molecule has 0 unspecified atom stereocenters. The van der Waals surface area contributed by atoms with Gasteiger partial charge in [-0.2, -0.15) is 0 Å². The van der Waals surface area contributed by atoms with Gasteiger partial charge in [0.2, 0.25) is 0 Å². The molecule has 2 aromatic carbocycles. The zero-order chi connectivity index (χ0) is 16.7. The molecule has 0 atom stereocenters. The second-order valence-corrected chi connectivity index (χ2v) is 6.56. The smallest absolute Gasteiger partial charge is 0.168 e. The number of imidazole rings is 1. The summed E-state index contributed by atoms with van der Waals surface area (Å²) in [4.78, 5) is 20.9. The van der Waals surface area contributed by atoms with Gasteiger partial charge < -0.3 is 0 Å². The molecule has 0 aliphatic carbocycles. The molecule has 2 heterocycles. The predicted molar refractivity (Wildman–Crippen MR) is 97.2 cm³/mol. The summed E-state index contributed by atoms with van der Waals surface area (Å²) in [5.74, 6) is 0.782. The quantitative estimate of drug-likeness (QED) is 0.629. The van der Waals surface area contributed by atoms with Crippen molar-refractivity contribution in [3.05, 3.63) is 81.3 Å². The van der Waals surface area contributed by atoms with Crippen LogP contribution in [0.25, 0.3) is 5.69 Å². The van der Waals surface area contributed by atoms with Gasteiger partial charge in [-0.05, 0) is 25.1 Å². The van der Waals surface area contributed by atoms with Crippen molar-refractivity contribution >= 4 is 27.9 Å². The Labute approximate surface area is 148 Å². The Balaban J connectivity index is 2.03. The van der Waals surface area contributed by atoms with E-state index in [4.69, 9.17) is 4.99 Å². The van der Waals surface area contributed by atoms with Gasteiger partial charge in [-0.15, -0.1) is 0 Å². The van der Waals surface area contributed by atoms with Gasteiger partial charge in [0.25, 0.3) is 0 Å². The first-order chi connectivity index (χ1) is 11.7. The van der Waals surface area contributed by atoms with E-state index in [1.54, 1.807) is 0 Å². The molecular formula is C19H14BrN3O. The van der Waals surface area contributed by atoms with Gasteiger partial charge in [0, 0.05) is 15.6 Å². The summed E-state index contributed by atoms with van der Waals surface area (Å²) >= 11 is 3.55. The van der Waals surface area contributed by atoms with Crippen LogP contribution in [0.3, 0.4) is 0 Å². The summed E-state index contributed by atoms with van der Waals surface area (Å²) in [6.07, 6.45) is 0.866. The molecule has 0 spiro atoms. The lowest BCUT2D eigenvalue weighted by atomic mass is 10.0. The Hall–Kier alpha value is -2.53. The molecular weight excluding hydrogens is 366 g/mol. The number of carbonyl (C=O) groups excluding carboxylic acids is 1. The second-order valence-electron chi connectivity index (χ2n) is 5.64. The monoisotopic (exact) mass is 379 g/mol. The molecule has 0 radical (unpaired) electrons. The summed E-state index contributed by atoms with van der Waals surface area (Å²) < 4.78 is 2.89. The number of hydrogen-bond donors (Lipinski definition) is 0. The normalized spacial score (nSPS) is 12.8. The van der Waals surface area contributed by atoms with E-state index in [1.807, 2.05) is 60.0 Å². The Kier molecular flexibility index (Phi) is 3.65. The fourth-order valence-corrected chi connectivity index (χ4v) is 3.45. The van der Waals surface area contributed by atoms with Crippen molar-refractivity contribution in [2.24, 2.45) is 4.99 Å². The molecule has 0 saturated carbocycles. The van der Waals surface area contributed by atoms with Crippen molar-refractivity contribution in [3.8, 4) is 5.69 Å². The van der Waals surface area contributed by atoms with Crippen LogP contribution in [0.4, 0.5) is 0 Å². The van der Waals surface area contributed by atoms with Crippen molar-refractivity contribution < 1.29 is 4.79 Å². The number of hydrogen-bond acceptors (Lipinski definition) is 3. The van der Waals surface area contributed by atoms with Crippen LogP contribution in [0.1, 0.15) is 33.1 Å². The summed E-state index contributed by atoms with van der Waals surface area (Å²) in [7, 11) is 0. The first-order valence-corrected chi connectivity index (χ1v) is 8.42. The van der Waals surface area contributed by atoms with Gasteiger partial charge in [-0.25, -0.2) is 4.98 Å². The Morgan fingerprint density at radius 3 is 2.71 bits per heavy atom. The number of aromatic nitrogens is 2. The number of aryl methyl sites for hydroxylation is 1. The van der Waals surface area contributed by atoms with E-state index in [-0.39, 0.29) is 0 Å². The van der Waals surface area contributed by atoms with Crippen LogP contribution in [-0.4, -0.2) is 21.5 Å². The van der Waals surface area contributed by atoms with Crippen molar-refractivity contribution in [2.75, 3.05) is 0 Å². The SMILES string of the molecule is Cc1nc2n(c1C=O)-c1ccc(Br)cc1C(c1ccccc1)=NC2. The van der Waals surface area contributed by atoms with Gasteiger partial charge in [0.15, 0.2) is 6.29 Å². The van der Waals surface area contributed by atoms with Crippen molar-refractivity contribution in [1.29, 1.82) is 0 Å². The largest absolute Gasteiger partial charge is 0.296 e. The average molecular weight is 380 g/mol. The maximum absolute atomic E-state index is 11.6. The molecule has 24 heavy (non-hydrogen) atoms. The lowest BCUT2D eigenvalue weighted by molar-refractivity contribution is 0.111. The highest BCUT2D eigenvalue weighted by Crippen LogP contribution is 2.29. The van der Waals surface area contributed by atoms with Crippen molar-refractivity contribution in [3.63, 3.8) is 0 Å². The Bertz CT molecular complexity index is 974. The van der Waals surface area contributed by atoms with E-state index < -0.39 is 0 Å². The second kappa shape index (κ2) is 5.83. The van der Waals surface area contributed by atoms with Gasteiger partial charge in [-0.1, -0.05) is 46.3 Å². The van der Waals surface area contributed by atoms with Gasteiger partial charge >= 0.3 is 0 Å². The Morgan fingerprint density at radius 2 is 1.96 bits per heavy atom. The van der Waals surface area contributed by atoms with E-state index in [9.17, 15) is 4.79 Å². The van der Waals surface area contributed by atoms with Crippen molar-refractivity contribution in [2.45, 2.75) is 13.5 Å². The number of aldehydes is 1. The summed E-state index contributed by atoms with van der Waals surface area (Å²) in [6, 6.07) is 16.1. The number of nitrogens with zero attached hydrogens (tertiary/aromatic N) is 3. The number of halogens is 1. The van der Waals surface area contributed by atoms with E-state index >= 15 is 0 Å².